The number of fused-ring (bicyclic) bond motifs is 1. The van der Waals surface area contributed by atoms with Crippen LogP contribution in [-0.2, 0) is 19.1 Å². The van der Waals surface area contributed by atoms with Crippen LogP contribution in [0.4, 0.5) is 0 Å². The highest BCUT2D eigenvalue weighted by molar-refractivity contribution is 5.85. The van der Waals surface area contributed by atoms with Crippen LogP contribution in [0, 0.1) is 23.7 Å². The Morgan fingerprint density at radius 3 is 1.50 bits per heavy atom. The summed E-state index contributed by atoms with van der Waals surface area (Å²) >= 11 is 0. The van der Waals surface area contributed by atoms with Crippen LogP contribution in [0.3, 0.4) is 0 Å². The van der Waals surface area contributed by atoms with E-state index in [0.717, 1.165) is 12.8 Å². The lowest BCUT2D eigenvalue weighted by atomic mass is 9.47. The molecule has 0 aliphatic heterocycles. The van der Waals surface area contributed by atoms with E-state index in [1.54, 1.807) is 0 Å². The Morgan fingerprint density at radius 1 is 0.929 bits per heavy atom. The zero-order valence-electron chi connectivity index (χ0n) is 8.36. The van der Waals surface area contributed by atoms with Gasteiger partial charge in [-0.05, 0) is 24.7 Å². The Bertz CT molecular complexity index is 245. The molecule has 2 fully saturated rings. The van der Waals surface area contributed by atoms with Gasteiger partial charge in [0.15, 0.2) is 0 Å². The van der Waals surface area contributed by atoms with Gasteiger partial charge in [0.2, 0.25) is 0 Å². The van der Waals surface area contributed by atoms with Crippen molar-refractivity contribution in [2.24, 2.45) is 23.7 Å². The number of methoxy groups -OCH3 is 2. The summed E-state index contributed by atoms with van der Waals surface area (Å²) in [7, 11) is 2.73. The van der Waals surface area contributed by atoms with Crippen LogP contribution in [0.5, 0.6) is 0 Å². The van der Waals surface area contributed by atoms with E-state index in [4.69, 9.17) is 0 Å². The highest BCUT2D eigenvalue weighted by Gasteiger charge is 2.62. The molecule has 0 N–H and O–H groups in total. The van der Waals surface area contributed by atoms with Crippen molar-refractivity contribution in [2.75, 3.05) is 14.2 Å². The molecule has 0 aromatic carbocycles. The molecule has 4 unspecified atom stereocenters. The van der Waals surface area contributed by atoms with E-state index in [-0.39, 0.29) is 23.8 Å². The Morgan fingerprint density at radius 2 is 1.29 bits per heavy atom. The second-order valence-electron chi connectivity index (χ2n) is 4.00. The van der Waals surface area contributed by atoms with Gasteiger partial charge in [0, 0.05) is 0 Å². The minimum absolute atomic E-state index is 0.244. The summed E-state index contributed by atoms with van der Waals surface area (Å²) in [5.74, 6) is -0.279. The van der Waals surface area contributed by atoms with E-state index >= 15 is 0 Å². The summed E-state index contributed by atoms with van der Waals surface area (Å²) in [5, 5.41) is 0. The van der Waals surface area contributed by atoms with Gasteiger partial charge < -0.3 is 9.47 Å². The molecule has 0 spiro atoms. The molecule has 14 heavy (non-hydrogen) atoms. The molecule has 0 heterocycles. The van der Waals surface area contributed by atoms with E-state index in [1.165, 1.54) is 14.2 Å². The molecule has 2 rings (SSSR count). The molecule has 4 atom stereocenters. The first-order valence-corrected chi connectivity index (χ1v) is 4.86. The van der Waals surface area contributed by atoms with Crippen LogP contribution in [0.15, 0.2) is 0 Å². The zero-order chi connectivity index (χ0) is 10.3. The fraction of sp³-hybridized carbons (Fsp3) is 0.800. The fourth-order valence-electron chi connectivity index (χ4n) is 2.75. The zero-order valence-corrected chi connectivity index (χ0v) is 8.36. The van der Waals surface area contributed by atoms with Crippen LogP contribution in [0.2, 0.25) is 0 Å². The van der Waals surface area contributed by atoms with Gasteiger partial charge in [-0.1, -0.05) is 0 Å². The van der Waals surface area contributed by atoms with Crippen molar-refractivity contribution in [1.29, 1.82) is 0 Å². The third-order valence-electron chi connectivity index (χ3n) is 3.64. The summed E-state index contributed by atoms with van der Waals surface area (Å²) in [5.41, 5.74) is 0. The Labute approximate surface area is 82.6 Å². The molecule has 78 valence electrons. The molecule has 4 heteroatoms. The first-order chi connectivity index (χ1) is 6.70. The van der Waals surface area contributed by atoms with Crippen molar-refractivity contribution in [3.63, 3.8) is 0 Å². The van der Waals surface area contributed by atoms with E-state index < -0.39 is 0 Å². The third-order valence-corrected chi connectivity index (χ3v) is 3.64. The van der Waals surface area contributed by atoms with E-state index in [0.29, 0.717) is 11.8 Å². The third kappa shape index (κ3) is 1.06. The van der Waals surface area contributed by atoms with Crippen molar-refractivity contribution in [2.45, 2.75) is 12.8 Å². The Kier molecular flexibility index (Phi) is 2.21. The average molecular weight is 198 g/mol. The van der Waals surface area contributed by atoms with Crippen molar-refractivity contribution in [3.05, 3.63) is 0 Å². The second kappa shape index (κ2) is 3.26. The minimum atomic E-state index is -0.263. The van der Waals surface area contributed by atoms with Crippen LogP contribution in [0.1, 0.15) is 12.8 Å². The summed E-state index contributed by atoms with van der Waals surface area (Å²) < 4.78 is 9.37. The minimum Gasteiger partial charge on any atom is -0.469 e. The van der Waals surface area contributed by atoms with E-state index in [1.807, 2.05) is 0 Å². The van der Waals surface area contributed by atoms with Gasteiger partial charge >= 0.3 is 11.9 Å². The first-order valence-electron chi connectivity index (χ1n) is 4.86. The second-order valence-corrected chi connectivity index (χ2v) is 4.00. The van der Waals surface area contributed by atoms with E-state index in [9.17, 15) is 9.59 Å². The Hall–Kier alpha value is -1.06. The largest absolute Gasteiger partial charge is 0.469 e. The molecule has 0 aromatic heterocycles. The van der Waals surface area contributed by atoms with Crippen LogP contribution < -0.4 is 0 Å². The summed E-state index contributed by atoms with van der Waals surface area (Å²) in [6.07, 6.45) is 2.08. The highest BCUT2D eigenvalue weighted by Crippen LogP contribution is 2.58. The van der Waals surface area contributed by atoms with Gasteiger partial charge in [-0.15, -0.1) is 0 Å². The van der Waals surface area contributed by atoms with E-state index in [2.05, 4.69) is 9.47 Å². The summed E-state index contributed by atoms with van der Waals surface area (Å²) in [6.45, 7) is 0. The number of carbonyl (C=O) groups is 2. The van der Waals surface area contributed by atoms with Gasteiger partial charge in [0.25, 0.3) is 0 Å². The molecule has 4 nitrogen and oxygen atoms in total. The average Bonchev–Trinajstić information content (AvgIpc) is 2.18. The SMILES string of the molecule is COC(=O)C1C2CCC2C1C(=O)OC. The lowest BCUT2D eigenvalue weighted by Crippen LogP contribution is -2.59. The standard InChI is InChI=1S/C10H14O4/c1-13-9(11)7-5-3-4-6(5)8(7)10(12)14-2/h5-8H,3-4H2,1-2H3. The van der Waals surface area contributed by atoms with Crippen molar-refractivity contribution < 1.29 is 19.1 Å². The molecule has 0 aromatic rings. The molecule has 0 saturated heterocycles. The van der Waals surface area contributed by atoms with Crippen molar-refractivity contribution >= 4 is 11.9 Å². The maximum atomic E-state index is 11.4. The maximum Gasteiger partial charge on any atom is 0.309 e. The Balaban J connectivity index is 2.08. The fourth-order valence-corrected chi connectivity index (χ4v) is 2.75. The number of rotatable bonds is 2. The smallest absolute Gasteiger partial charge is 0.309 e. The number of hydrogen-bond acceptors (Lipinski definition) is 4. The monoisotopic (exact) mass is 198 g/mol. The molecular weight excluding hydrogens is 184 g/mol. The lowest BCUT2D eigenvalue weighted by molar-refractivity contribution is -0.191. The normalized spacial score (nSPS) is 38.7. The number of carbonyl (C=O) groups excluding carboxylic acids is 2. The lowest BCUT2D eigenvalue weighted by Gasteiger charge is -2.56. The molecule has 2 aliphatic carbocycles. The molecular formula is C10H14O4. The van der Waals surface area contributed by atoms with Crippen molar-refractivity contribution in [1.82, 2.24) is 0 Å². The highest BCUT2D eigenvalue weighted by atomic mass is 16.5. The molecule has 0 radical (unpaired) electrons. The van der Waals surface area contributed by atoms with Gasteiger partial charge in [-0.2, -0.15) is 0 Å². The van der Waals surface area contributed by atoms with Gasteiger partial charge in [0.05, 0.1) is 26.1 Å². The van der Waals surface area contributed by atoms with Crippen molar-refractivity contribution in [3.8, 4) is 0 Å². The quantitative estimate of drug-likeness (QED) is 0.610. The summed E-state index contributed by atoms with van der Waals surface area (Å²) in [4.78, 5) is 22.8. The first kappa shape index (κ1) is 9.49. The van der Waals surface area contributed by atoms with Gasteiger partial charge in [-0.3, -0.25) is 9.59 Å². The molecule has 0 bridgehead atoms. The van der Waals surface area contributed by atoms with Crippen LogP contribution >= 0.6 is 0 Å². The molecule has 0 amide bonds. The predicted molar refractivity (Wildman–Crippen MR) is 47.2 cm³/mol. The van der Waals surface area contributed by atoms with Crippen LogP contribution in [0.25, 0.3) is 0 Å². The molecule has 2 aliphatic rings. The predicted octanol–water partition coefficient (Wildman–Crippen LogP) is 0.605. The summed E-state index contributed by atoms with van der Waals surface area (Å²) in [6, 6.07) is 0. The van der Waals surface area contributed by atoms with Gasteiger partial charge in [0.1, 0.15) is 0 Å². The number of ether oxygens (including phenoxy) is 2. The van der Waals surface area contributed by atoms with Gasteiger partial charge in [-0.25, -0.2) is 0 Å². The maximum absolute atomic E-state index is 11.4. The van der Waals surface area contributed by atoms with Crippen LogP contribution in [-0.4, -0.2) is 26.2 Å². The number of esters is 2. The topological polar surface area (TPSA) is 52.6 Å². The molecule has 2 saturated carbocycles. The number of hydrogen-bond donors (Lipinski definition) is 0.